The van der Waals surface area contributed by atoms with Crippen LogP contribution in [0, 0.1) is 0 Å². The van der Waals surface area contributed by atoms with E-state index >= 15 is 0 Å². The second-order valence-electron chi connectivity index (χ2n) is 3.10. The minimum atomic E-state index is -2.86. The largest absolute Gasteiger partial charge is 0.396 e. The summed E-state index contributed by atoms with van der Waals surface area (Å²) in [6.45, 7) is 4.17. The number of rotatable bonds is 7. The quantitative estimate of drug-likeness (QED) is 0.608. The Balaban J connectivity index is 3.56. The first-order chi connectivity index (χ1) is 6.02. The summed E-state index contributed by atoms with van der Waals surface area (Å²) in [5.74, 6) is 0.377. The van der Waals surface area contributed by atoms with Gasteiger partial charge in [0.2, 0.25) is 0 Å². The molecule has 0 aliphatic heterocycles. The third-order valence-corrected chi connectivity index (χ3v) is 3.61. The summed E-state index contributed by atoms with van der Waals surface area (Å²) in [6, 6.07) is 0.178. The highest BCUT2D eigenvalue weighted by molar-refractivity contribution is 7.91. The monoisotopic (exact) mass is 209 g/mol. The third-order valence-electron chi connectivity index (χ3n) is 1.91. The molecular weight excluding hydrogens is 190 g/mol. The van der Waals surface area contributed by atoms with Crippen molar-refractivity contribution in [3.63, 3.8) is 0 Å². The van der Waals surface area contributed by atoms with Crippen molar-refractivity contribution in [3.8, 4) is 0 Å². The van der Waals surface area contributed by atoms with Crippen LogP contribution in [0.25, 0.3) is 0 Å². The fourth-order valence-corrected chi connectivity index (χ4v) is 1.62. The minimum absolute atomic E-state index is 0.134. The smallest absolute Gasteiger partial charge is 0.151 e. The van der Waals surface area contributed by atoms with Gasteiger partial charge in [0.1, 0.15) is 0 Å². The van der Waals surface area contributed by atoms with Gasteiger partial charge in [0, 0.05) is 24.9 Å². The van der Waals surface area contributed by atoms with Crippen LogP contribution in [-0.4, -0.2) is 44.2 Å². The van der Waals surface area contributed by atoms with Crippen molar-refractivity contribution in [2.75, 3.05) is 24.7 Å². The zero-order valence-corrected chi connectivity index (χ0v) is 9.10. The molecule has 0 rings (SSSR count). The summed E-state index contributed by atoms with van der Waals surface area (Å²) < 4.78 is 22.1. The van der Waals surface area contributed by atoms with E-state index in [1.165, 1.54) is 0 Å². The lowest BCUT2D eigenvalue weighted by atomic mass is 10.2. The van der Waals surface area contributed by atoms with Crippen LogP contribution in [0.3, 0.4) is 0 Å². The van der Waals surface area contributed by atoms with Crippen LogP contribution in [-0.2, 0) is 9.84 Å². The van der Waals surface area contributed by atoms with Gasteiger partial charge in [0.05, 0.1) is 5.75 Å². The lowest BCUT2D eigenvalue weighted by Crippen LogP contribution is -2.32. The van der Waals surface area contributed by atoms with Gasteiger partial charge in [-0.15, -0.1) is 0 Å². The Morgan fingerprint density at radius 2 is 2.08 bits per heavy atom. The van der Waals surface area contributed by atoms with E-state index in [9.17, 15) is 8.42 Å². The van der Waals surface area contributed by atoms with Crippen molar-refractivity contribution in [1.29, 1.82) is 0 Å². The maximum atomic E-state index is 11.0. The van der Waals surface area contributed by atoms with Crippen molar-refractivity contribution < 1.29 is 13.5 Å². The Bertz CT molecular complexity index is 213. The minimum Gasteiger partial charge on any atom is -0.396 e. The highest BCUT2D eigenvalue weighted by atomic mass is 32.2. The molecule has 0 aromatic heterocycles. The molecule has 4 nitrogen and oxygen atoms in total. The van der Waals surface area contributed by atoms with Gasteiger partial charge < -0.3 is 10.4 Å². The Kier molecular flexibility index (Phi) is 6.28. The second-order valence-corrected chi connectivity index (χ2v) is 5.58. The van der Waals surface area contributed by atoms with E-state index in [1.54, 1.807) is 6.92 Å². The van der Waals surface area contributed by atoms with Crippen LogP contribution in [0.4, 0.5) is 0 Å². The van der Waals surface area contributed by atoms with Crippen molar-refractivity contribution in [1.82, 2.24) is 5.32 Å². The van der Waals surface area contributed by atoms with E-state index < -0.39 is 9.84 Å². The Morgan fingerprint density at radius 1 is 1.46 bits per heavy atom. The Morgan fingerprint density at radius 3 is 2.54 bits per heavy atom. The zero-order chi connectivity index (χ0) is 10.3. The average molecular weight is 209 g/mol. The first kappa shape index (κ1) is 12.9. The molecule has 0 saturated heterocycles. The Labute approximate surface area is 80.3 Å². The summed E-state index contributed by atoms with van der Waals surface area (Å²) >= 11 is 0. The molecule has 13 heavy (non-hydrogen) atoms. The van der Waals surface area contributed by atoms with Crippen molar-refractivity contribution in [3.05, 3.63) is 0 Å². The van der Waals surface area contributed by atoms with Crippen LogP contribution in [0.1, 0.15) is 20.3 Å². The first-order valence-electron chi connectivity index (χ1n) is 4.56. The molecule has 0 aliphatic rings. The Hall–Kier alpha value is -0.130. The van der Waals surface area contributed by atoms with E-state index in [0.29, 0.717) is 13.0 Å². The number of hydrogen-bond acceptors (Lipinski definition) is 4. The molecule has 1 atom stereocenters. The number of nitrogens with one attached hydrogen (secondary N) is 1. The predicted molar refractivity (Wildman–Crippen MR) is 53.5 cm³/mol. The van der Waals surface area contributed by atoms with Crippen LogP contribution >= 0.6 is 0 Å². The number of sulfone groups is 1. The molecule has 0 amide bonds. The lowest BCUT2D eigenvalue weighted by Gasteiger charge is -2.11. The van der Waals surface area contributed by atoms with Crippen LogP contribution < -0.4 is 5.32 Å². The molecule has 0 aromatic rings. The van der Waals surface area contributed by atoms with E-state index in [4.69, 9.17) is 5.11 Å². The van der Waals surface area contributed by atoms with Crippen LogP contribution in [0.2, 0.25) is 0 Å². The summed E-state index contributed by atoms with van der Waals surface area (Å²) in [6.07, 6.45) is 0.659. The summed E-state index contributed by atoms with van der Waals surface area (Å²) in [5, 5.41) is 11.6. The predicted octanol–water partition coefficient (Wildman–Crippen LogP) is -0.218. The normalized spacial score (nSPS) is 14.4. The van der Waals surface area contributed by atoms with Gasteiger partial charge in [-0.1, -0.05) is 6.92 Å². The fraction of sp³-hybridized carbons (Fsp3) is 1.00. The molecule has 1 unspecified atom stereocenters. The van der Waals surface area contributed by atoms with Gasteiger partial charge in [-0.25, -0.2) is 8.42 Å². The summed E-state index contributed by atoms with van der Waals surface area (Å²) in [7, 11) is -2.86. The highest BCUT2D eigenvalue weighted by Gasteiger charge is 2.07. The van der Waals surface area contributed by atoms with Crippen molar-refractivity contribution in [2.45, 2.75) is 26.3 Å². The maximum absolute atomic E-state index is 11.0. The van der Waals surface area contributed by atoms with Crippen molar-refractivity contribution in [2.24, 2.45) is 0 Å². The number of aliphatic hydroxyl groups excluding tert-OH is 1. The first-order valence-corrected chi connectivity index (χ1v) is 6.38. The molecule has 0 bridgehead atoms. The number of hydrogen-bond donors (Lipinski definition) is 2. The van der Waals surface area contributed by atoms with Gasteiger partial charge in [-0.3, -0.25) is 0 Å². The molecule has 0 heterocycles. The van der Waals surface area contributed by atoms with Gasteiger partial charge in [-0.05, 0) is 13.3 Å². The van der Waals surface area contributed by atoms with E-state index in [2.05, 4.69) is 5.32 Å². The fourth-order valence-electron chi connectivity index (χ4n) is 0.901. The maximum Gasteiger partial charge on any atom is 0.151 e. The molecule has 0 saturated carbocycles. The summed E-state index contributed by atoms with van der Waals surface area (Å²) in [5.41, 5.74) is 0. The number of aliphatic hydroxyl groups is 1. The third kappa shape index (κ3) is 6.98. The SMILES string of the molecule is CCS(=O)(=O)CCNC(C)CCO. The van der Waals surface area contributed by atoms with Crippen molar-refractivity contribution >= 4 is 9.84 Å². The van der Waals surface area contributed by atoms with Crippen LogP contribution in [0.5, 0.6) is 0 Å². The van der Waals surface area contributed by atoms with E-state index in [-0.39, 0.29) is 24.2 Å². The molecular formula is C8H19NO3S. The molecule has 5 heteroatoms. The van der Waals surface area contributed by atoms with Crippen LogP contribution in [0.15, 0.2) is 0 Å². The van der Waals surface area contributed by atoms with Gasteiger partial charge in [0.15, 0.2) is 9.84 Å². The average Bonchev–Trinajstić information content (AvgIpc) is 2.05. The summed E-state index contributed by atoms with van der Waals surface area (Å²) in [4.78, 5) is 0. The molecule has 0 spiro atoms. The zero-order valence-electron chi connectivity index (χ0n) is 8.28. The van der Waals surface area contributed by atoms with Gasteiger partial charge in [-0.2, -0.15) is 0 Å². The molecule has 0 aliphatic carbocycles. The lowest BCUT2D eigenvalue weighted by molar-refractivity contribution is 0.270. The highest BCUT2D eigenvalue weighted by Crippen LogP contribution is 1.91. The topological polar surface area (TPSA) is 66.4 Å². The second kappa shape index (κ2) is 6.34. The molecule has 80 valence electrons. The molecule has 0 aromatic carbocycles. The van der Waals surface area contributed by atoms with Gasteiger partial charge >= 0.3 is 0 Å². The van der Waals surface area contributed by atoms with E-state index in [1.807, 2.05) is 6.92 Å². The molecule has 0 radical (unpaired) electrons. The van der Waals surface area contributed by atoms with E-state index in [0.717, 1.165) is 0 Å². The van der Waals surface area contributed by atoms with Gasteiger partial charge in [0.25, 0.3) is 0 Å². The standard InChI is InChI=1S/C8H19NO3S/c1-3-13(11,12)7-5-9-8(2)4-6-10/h8-10H,3-7H2,1-2H3. The molecule has 2 N–H and O–H groups in total. The molecule has 0 fully saturated rings.